The Bertz CT molecular complexity index is 1180. The van der Waals surface area contributed by atoms with Gasteiger partial charge in [0, 0.05) is 35.6 Å². The number of nitrogens with zero attached hydrogens (tertiary/aromatic N) is 2. The first kappa shape index (κ1) is 21.8. The molecule has 4 heteroatoms. The lowest BCUT2D eigenvalue weighted by Gasteiger charge is -2.18. The molecular weight excluding hydrogens is 412 g/mol. The van der Waals surface area contributed by atoms with E-state index in [0.29, 0.717) is 6.61 Å². The van der Waals surface area contributed by atoms with E-state index in [-0.39, 0.29) is 0 Å². The molecule has 0 N–H and O–H groups in total. The van der Waals surface area contributed by atoms with E-state index in [9.17, 15) is 0 Å². The topological polar surface area (TPSA) is 25.4 Å². The van der Waals surface area contributed by atoms with Crippen molar-refractivity contribution in [1.82, 2.24) is 9.88 Å². The third-order valence-electron chi connectivity index (χ3n) is 5.12. The minimum Gasteiger partial charge on any atom is -0.489 e. The highest BCUT2D eigenvalue weighted by Gasteiger charge is 2.05. The van der Waals surface area contributed by atoms with Crippen LogP contribution in [0.15, 0.2) is 89.9 Å². The van der Waals surface area contributed by atoms with E-state index in [1.807, 2.05) is 54.9 Å². The van der Waals surface area contributed by atoms with E-state index < -0.39 is 0 Å². The molecular formula is C28H26N2OS. The predicted octanol–water partition coefficient (Wildman–Crippen LogP) is 6.26. The number of aromatic nitrogens is 1. The zero-order chi connectivity index (χ0) is 22.0. The summed E-state index contributed by atoms with van der Waals surface area (Å²) in [6.45, 7) is 5.17. The average molecular weight is 439 g/mol. The monoisotopic (exact) mass is 438 g/mol. The van der Waals surface area contributed by atoms with Crippen molar-refractivity contribution in [2.45, 2.75) is 20.1 Å². The molecule has 0 fully saturated rings. The fourth-order valence-electron chi connectivity index (χ4n) is 3.37. The minimum absolute atomic E-state index is 0.495. The highest BCUT2D eigenvalue weighted by molar-refractivity contribution is 7.08. The van der Waals surface area contributed by atoms with Gasteiger partial charge in [-0.2, -0.15) is 11.3 Å². The fourth-order valence-corrected chi connectivity index (χ4v) is 4.03. The molecule has 0 spiro atoms. The number of pyridine rings is 1. The molecule has 0 aliphatic rings. The summed E-state index contributed by atoms with van der Waals surface area (Å²) in [6.07, 6.45) is 3.76. The molecule has 0 atom stereocenters. The Hall–Kier alpha value is -3.39. The van der Waals surface area contributed by atoms with Gasteiger partial charge in [-0.1, -0.05) is 49.1 Å². The molecule has 0 saturated carbocycles. The zero-order valence-corrected chi connectivity index (χ0v) is 19.0. The van der Waals surface area contributed by atoms with Crippen LogP contribution in [-0.2, 0) is 13.2 Å². The SMILES string of the molecule is CCN(CC#Cc1ccccc1)Cc1cccc(OCc2cncc(-c3ccsc3)c2)c1. The summed E-state index contributed by atoms with van der Waals surface area (Å²) in [5, 5.41) is 4.21. The first-order valence-electron chi connectivity index (χ1n) is 10.7. The fraction of sp³-hybridized carbons (Fsp3) is 0.179. The maximum Gasteiger partial charge on any atom is 0.120 e. The zero-order valence-electron chi connectivity index (χ0n) is 18.2. The number of thiophene rings is 1. The van der Waals surface area contributed by atoms with Gasteiger partial charge in [0.25, 0.3) is 0 Å². The summed E-state index contributed by atoms with van der Waals surface area (Å²) in [7, 11) is 0. The lowest BCUT2D eigenvalue weighted by molar-refractivity contribution is 0.300. The summed E-state index contributed by atoms with van der Waals surface area (Å²) in [4.78, 5) is 6.70. The second-order valence-corrected chi connectivity index (χ2v) is 8.28. The van der Waals surface area contributed by atoms with Crippen molar-refractivity contribution < 1.29 is 4.74 Å². The predicted molar refractivity (Wildman–Crippen MR) is 133 cm³/mol. The molecule has 32 heavy (non-hydrogen) atoms. The number of hydrogen-bond acceptors (Lipinski definition) is 4. The molecule has 3 nitrogen and oxygen atoms in total. The van der Waals surface area contributed by atoms with Crippen molar-refractivity contribution in [3.8, 4) is 28.7 Å². The largest absolute Gasteiger partial charge is 0.489 e. The third kappa shape index (κ3) is 6.31. The van der Waals surface area contributed by atoms with Crippen molar-refractivity contribution in [2.24, 2.45) is 0 Å². The number of ether oxygens (including phenoxy) is 1. The van der Waals surface area contributed by atoms with Crippen molar-refractivity contribution in [1.29, 1.82) is 0 Å². The number of hydrogen-bond donors (Lipinski definition) is 0. The van der Waals surface area contributed by atoms with Gasteiger partial charge < -0.3 is 4.74 Å². The Morgan fingerprint density at radius 1 is 0.938 bits per heavy atom. The van der Waals surface area contributed by atoms with Gasteiger partial charge in [0.1, 0.15) is 12.4 Å². The molecule has 0 bridgehead atoms. The summed E-state index contributed by atoms with van der Waals surface area (Å²) in [5.41, 5.74) is 5.65. The van der Waals surface area contributed by atoms with Gasteiger partial charge >= 0.3 is 0 Å². The van der Waals surface area contributed by atoms with Crippen LogP contribution >= 0.6 is 11.3 Å². The van der Waals surface area contributed by atoms with Crippen molar-refractivity contribution in [3.63, 3.8) is 0 Å². The highest BCUT2D eigenvalue weighted by Crippen LogP contribution is 2.23. The quantitative estimate of drug-likeness (QED) is 0.304. The van der Waals surface area contributed by atoms with Gasteiger partial charge in [0.05, 0.1) is 6.54 Å². The van der Waals surface area contributed by atoms with Gasteiger partial charge in [0.15, 0.2) is 0 Å². The van der Waals surface area contributed by atoms with Crippen LogP contribution in [0.2, 0.25) is 0 Å². The first-order valence-corrected chi connectivity index (χ1v) is 11.7. The average Bonchev–Trinajstić information content (AvgIpc) is 3.38. The normalized spacial score (nSPS) is 10.6. The number of rotatable bonds is 8. The van der Waals surface area contributed by atoms with Gasteiger partial charge in [-0.05, 0) is 64.8 Å². The van der Waals surface area contributed by atoms with E-state index >= 15 is 0 Å². The molecule has 0 saturated heterocycles. The molecule has 2 heterocycles. The Kier molecular flexibility index (Phi) is 7.70. The molecule has 0 aliphatic carbocycles. The van der Waals surface area contributed by atoms with Crippen LogP contribution in [-0.4, -0.2) is 23.0 Å². The summed E-state index contributed by atoms with van der Waals surface area (Å²) < 4.78 is 6.08. The van der Waals surface area contributed by atoms with E-state index in [1.165, 1.54) is 11.1 Å². The third-order valence-corrected chi connectivity index (χ3v) is 5.80. The van der Waals surface area contributed by atoms with Crippen molar-refractivity contribution >= 4 is 11.3 Å². The molecule has 4 rings (SSSR count). The summed E-state index contributed by atoms with van der Waals surface area (Å²) >= 11 is 1.69. The van der Waals surface area contributed by atoms with Crippen LogP contribution in [0.5, 0.6) is 5.75 Å². The van der Waals surface area contributed by atoms with Gasteiger partial charge in [-0.3, -0.25) is 9.88 Å². The molecule has 2 aromatic carbocycles. The summed E-state index contributed by atoms with van der Waals surface area (Å²) in [5.74, 6) is 7.40. The molecule has 0 unspecified atom stereocenters. The Labute approximate surface area is 194 Å². The lowest BCUT2D eigenvalue weighted by atomic mass is 10.1. The second-order valence-electron chi connectivity index (χ2n) is 7.50. The van der Waals surface area contributed by atoms with Crippen LogP contribution in [0.4, 0.5) is 0 Å². The van der Waals surface area contributed by atoms with Crippen LogP contribution in [0.25, 0.3) is 11.1 Å². The molecule has 0 amide bonds. The van der Waals surface area contributed by atoms with E-state index in [2.05, 4.69) is 63.7 Å². The van der Waals surface area contributed by atoms with E-state index in [1.54, 1.807) is 11.3 Å². The molecule has 4 aromatic rings. The van der Waals surface area contributed by atoms with Gasteiger partial charge in [-0.25, -0.2) is 0 Å². The molecule has 160 valence electrons. The Morgan fingerprint density at radius 3 is 2.66 bits per heavy atom. The summed E-state index contributed by atoms with van der Waals surface area (Å²) in [6, 6.07) is 22.7. The molecule has 2 aromatic heterocycles. The van der Waals surface area contributed by atoms with Gasteiger partial charge in [0.2, 0.25) is 0 Å². The van der Waals surface area contributed by atoms with E-state index in [0.717, 1.165) is 42.1 Å². The minimum atomic E-state index is 0.495. The second kappa shape index (κ2) is 11.3. The van der Waals surface area contributed by atoms with Crippen LogP contribution < -0.4 is 4.74 Å². The van der Waals surface area contributed by atoms with Gasteiger partial charge in [-0.15, -0.1) is 0 Å². The maximum atomic E-state index is 6.08. The highest BCUT2D eigenvalue weighted by atomic mass is 32.1. The van der Waals surface area contributed by atoms with Crippen LogP contribution in [0, 0.1) is 11.8 Å². The number of benzene rings is 2. The van der Waals surface area contributed by atoms with Crippen molar-refractivity contribution in [2.75, 3.05) is 13.1 Å². The Morgan fingerprint density at radius 2 is 1.84 bits per heavy atom. The first-order chi connectivity index (χ1) is 15.8. The smallest absolute Gasteiger partial charge is 0.120 e. The Balaban J connectivity index is 1.35. The maximum absolute atomic E-state index is 6.08. The standard InChI is InChI=1S/C28H26N2OS/c1-2-30(14-7-11-23-8-4-3-5-9-23)20-24-10-6-12-28(17-24)31-21-25-16-27(19-29-18-25)26-13-15-32-22-26/h3-6,8-10,12-13,15-19,22H,2,14,20-21H2,1H3. The lowest BCUT2D eigenvalue weighted by Crippen LogP contribution is -2.23. The molecule has 0 radical (unpaired) electrons. The van der Waals surface area contributed by atoms with Crippen molar-refractivity contribution in [3.05, 3.63) is 107 Å². The van der Waals surface area contributed by atoms with Crippen LogP contribution in [0.3, 0.4) is 0 Å². The van der Waals surface area contributed by atoms with Crippen LogP contribution in [0.1, 0.15) is 23.6 Å². The van der Waals surface area contributed by atoms with E-state index in [4.69, 9.17) is 4.74 Å². The molecule has 0 aliphatic heterocycles.